The molecule has 1 saturated heterocycles. The number of aryl methyl sites for hydroxylation is 2. The van der Waals surface area contributed by atoms with Gasteiger partial charge < -0.3 is 9.47 Å². The monoisotopic (exact) mass is 260 g/mol. The van der Waals surface area contributed by atoms with Crippen LogP contribution in [0.5, 0.6) is 0 Å². The molecule has 1 spiro atoms. The van der Waals surface area contributed by atoms with E-state index in [0.29, 0.717) is 5.92 Å². The van der Waals surface area contributed by atoms with Gasteiger partial charge in [-0.1, -0.05) is 12.1 Å². The van der Waals surface area contributed by atoms with Crippen molar-refractivity contribution in [3.05, 3.63) is 34.4 Å². The summed E-state index contributed by atoms with van der Waals surface area (Å²) in [6.45, 7) is 8.20. The minimum atomic E-state index is -0.231. The number of hydrogen-bond acceptors (Lipinski definition) is 2. The average Bonchev–Trinajstić information content (AvgIpc) is 2.85. The Kier molecular flexibility index (Phi) is 3.40. The summed E-state index contributed by atoms with van der Waals surface area (Å²) in [6.07, 6.45) is 4.46. The second kappa shape index (κ2) is 4.92. The van der Waals surface area contributed by atoms with Gasteiger partial charge in [-0.3, -0.25) is 0 Å². The van der Waals surface area contributed by atoms with E-state index in [4.69, 9.17) is 9.47 Å². The third-order valence-electron chi connectivity index (χ3n) is 4.98. The molecule has 0 amide bonds. The molecule has 2 fully saturated rings. The van der Waals surface area contributed by atoms with E-state index in [1.165, 1.54) is 35.1 Å². The molecule has 1 heterocycles. The lowest BCUT2D eigenvalue weighted by molar-refractivity contribution is -0.178. The van der Waals surface area contributed by atoms with Crippen molar-refractivity contribution in [3.8, 4) is 0 Å². The van der Waals surface area contributed by atoms with E-state index in [1.807, 2.05) is 0 Å². The van der Waals surface area contributed by atoms with Crippen LogP contribution in [0.2, 0.25) is 0 Å². The molecule has 1 aromatic carbocycles. The summed E-state index contributed by atoms with van der Waals surface area (Å²) >= 11 is 0. The van der Waals surface area contributed by atoms with Gasteiger partial charge in [-0.05, 0) is 61.8 Å². The summed E-state index contributed by atoms with van der Waals surface area (Å²) in [7, 11) is 0. The van der Waals surface area contributed by atoms with Gasteiger partial charge in [-0.15, -0.1) is 0 Å². The highest BCUT2D eigenvalue weighted by molar-refractivity contribution is 5.38. The zero-order valence-corrected chi connectivity index (χ0v) is 12.3. The van der Waals surface area contributed by atoms with Crippen molar-refractivity contribution in [3.63, 3.8) is 0 Å². The molecule has 19 heavy (non-hydrogen) atoms. The highest BCUT2D eigenvalue weighted by Crippen LogP contribution is 2.42. The molecule has 3 rings (SSSR count). The topological polar surface area (TPSA) is 18.5 Å². The molecule has 1 aliphatic heterocycles. The Morgan fingerprint density at radius 1 is 0.947 bits per heavy atom. The number of rotatable bonds is 1. The highest BCUT2D eigenvalue weighted by atomic mass is 16.7. The van der Waals surface area contributed by atoms with Crippen LogP contribution in [-0.4, -0.2) is 19.0 Å². The van der Waals surface area contributed by atoms with Crippen LogP contribution in [0.25, 0.3) is 0 Å². The fourth-order valence-electron chi connectivity index (χ4n) is 3.48. The lowest BCUT2D eigenvalue weighted by atomic mass is 9.80. The number of benzene rings is 1. The highest BCUT2D eigenvalue weighted by Gasteiger charge is 2.40. The molecular weight excluding hydrogens is 236 g/mol. The van der Waals surface area contributed by atoms with Crippen LogP contribution in [0, 0.1) is 20.8 Å². The van der Waals surface area contributed by atoms with Gasteiger partial charge in [0, 0.05) is 12.8 Å². The van der Waals surface area contributed by atoms with Crippen LogP contribution in [0.3, 0.4) is 0 Å². The van der Waals surface area contributed by atoms with Crippen molar-refractivity contribution in [2.75, 3.05) is 13.2 Å². The van der Waals surface area contributed by atoms with Gasteiger partial charge in [-0.2, -0.15) is 0 Å². The van der Waals surface area contributed by atoms with Crippen LogP contribution in [0.1, 0.15) is 53.9 Å². The zero-order chi connectivity index (χ0) is 13.5. The van der Waals surface area contributed by atoms with Gasteiger partial charge in [-0.25, -0.2) is 0 Å². The van der Waals surface area contributed by atoms with Crippen LogP contribution < -0.4 is 0 Å². The third kappa shape index (κ3) is 2.44. The molecule has 104 valence electrons. The summed E-state index contributed by atoms with van der Waals surface area (Å²) in [5, 5.41) is 0. The Morgan fingerprint density at radius 2 is 1.47 bits per heavy atom. The summed E-state index contributed by atoms with van der Waals surface area (Å²) < 4.78 is 11.6. The van der Waals surface area contributed by atoms with Crippen LogP contribution in [0.4, 0.5) is 0 Å². The maximum Gasteiger partial charge on any atom is 0.168 e. The van der Waals surface area contributed by atoms with E-state index in [1.54, 1.807) is 0 Å². The van der Waals surface area contributed by atoms with Gasteiger partial charge in [0.05, 0.1) is 13.2 Å². The van der Waals surface area contributed by atoms with E-state index < -0.39 is 0 Å². The Morgan fingerprint density at radius 3 is 2.00 bits per heavy atom. The van der Waals surface area contributed by atoms with Gasteiger partial charge in [0.1, 0.15) is 0 Å². The first-order valence-corrected chi connectivity index (χ1v) is 7.45. The second-order valence-corrected chi connectivity index (χ2v) is 6.16. The van der Waals surface area contributed by atoms with Crippen molar-refractivity contribution in [2.45, 2.75) is 58.2 Å². The molecular formula is C17H24O2. The standard InChI is InChI=1S/C17H24O2/c1-12-10-16(11-13(2)14(12)3)15-4-6-17(7-5-15)18-8-9-19-17/h10-11,15H,4-9H2,1-3H3. The lowest BCUT2D eigenvalue weighted by Crippen LogP contribution is -2.34. The van der Waals surface area contributed by atoms with E-state index >= 15 is 0 Å². The fourth-order valence-corrected chi connectivity index (χ4v) is 3.48. The molecule has 0 atom stereocenters. The van der Waals surface area contributed by atoms with E-state index in [9.17, 15) is 0 Å². The second-order valence-electron chi connectivity index (χ2n) is 6.16. The van der Waals surface area contributed by atoms with Crippen molar-refractivity contribution < 1.29 is 9.47 Å². The minimum absolute atomic E-state index is 0.231. The molecule has 2 aliphatic rings. The summed E-state index contributed by atoms with van der Waals surface area (Å²) in [5.41, 5.74) is 5.78. The van der Waals surface area contributed by atoms with Gasteiger partial charge >= 0.3 is 0 Å². The maximum atomic E-state index is 5.81. The van der Waals surface area contributed by atoms with Crippen molar-refractivity contribution in [1.82, 2.24) is 0 Å². The molecule has 0 aromatic heterocycles. The molecule has 0 N–H and O–H groups in total. The summed E-state index contributed by atoms with van der Waals surface area (Å²) in [5.74, 6) is 0.446. The van der Waals surface area contributed by atoms with Gasteiger partial charge in [0.2, 0.25) is 0 Å². The predicted molar refractivity (Wildman–Crippen MR) is 76.5 cm³/mol. The molecule has 0 bridgehead atoms. The molecule has 2 nitrogen and oxygen atoms in total. The van der Waals surface area contributed by atoms with Crippen LogP contribution >= 0.6 is 0 Å². The van der Waals surface area contributed by atoms with E-state index in [2.05, 4.69) is 32.9 Å². The van der Waals surface area contributed by atoms with Crippen molar-refractivity contribution in [2.24, 2.45) is 0 Å². The number of hydrogen-bond donors (Lipinski definition) is 0. The zero-order valence-electron chi connectivity index (χ0n) is 12.3. The molecule has 1 aliphatic carbocycles. The van der Waals surface area contributed by atoms with Crippen LogP contribution in [0.15, 0.2) is 12.1 Å². The SMILES string of the molecule is Cc1cc(C2CCC3(CC2)OCCO3)cc(C)c1C. The number of ether oxygens (including phenoxy) is 2. The summed E-state index contributed by atoms with van der Waals surface area (Å²) in [4.78, 5) is 0. The van der Waals surface area contributed by atoms with Gasteiger partial charge in [0.25, 0.3) is 0 Å². The molecule has 1 aromatic rings. The van der Waals surface area contributed by atoms with Gasteiger partial charge in [0.15, 0.2) is 5.79 Å². The first-order valence-electron chi connectivity index (χ1n) is 7.45. The average molecular weight is 260 g/mol. The lowest BCUT2D eigenvalue weighted by Gasteiger charge is -2.35. The Hall–Kier alpha value is -0.860. The molecule has 1 saturated carbocycles. The Bertz CT molecular complexity index is 439. The molecule has 0 radical (unpaired) electrons. The summed E-state index contributed by atoms with van der Waals surface area (Å²) in [6, 6.07) is 4.75. The van der Waals surface area contributed by atoms with Crippen molar-refractivity contribution >= 4 is 0 Å². The third-order valence-corrected chi connectivity index (χ3v) is 4.98. The smallest absolute Gasteiger partial charge is 0.168 e. The quantitative estimate of drug-likeness (QED) is 0.759. The first kappa shape index (κ1) is 13.1. The Balaban J connectivity index is 1.74. The molecule has 2 heteroatoms. The van der Waals surface area contributed by atoms with Crippen molar-refractivity contribution in [1.29, 1.82) is 0 Å². The maximum absolute atomic E-state index is 5.81. The molecule has 0 unspecified atom stereocenters. The first-order chi connectivity index (χ1) is 9.10. The normalized spacial score (nSPS) is 23.1. The fraction of sp³-hybridized carbons (Fsp3) is 0.647. The largest absolute Gasteiger partial charge is 0.348 e. The predicted octanol–water partition coefficient (Wildman–Crippen LogP) is 4.01. The van der Waals surface area contributed by atoms with E-state index in [0.717, 1.165) is 26.1 Å². The van der Waals surface area contributed by atoms with E-state index in [-0.39, 0.29) is 5.79 Å². The minimum Gasteiger partial charge on any atom is -0.348 e. The Labute approximate surface area is 116 Å². The van der Waals surface area contributed by atoms with Crippen LogP contribution in [-0.2, 0) is 9.47 Å².